The van der Waals surface area contributed by atoms with Gasteiger partial charge in [0.2, 0.25) is 0 Å². The van der Waals surface area contributed by atoms with Crippen LogP contribution in [0.3, 0.4) is 0 Å². The average molecular weight is 420 g/mol. The molecule has 1 aliphatic rings. The monoisotopic (exact) mass is 420 g/mol. The van der Waals surface area contributed by atoms with Gasteiger partial charge in [-0.25, -0.2) is 4.90 Å². The summed E-state index contributed by atoms with van der Waals surface area (Å²) < 4.78 is 10.7. The minimum Gasteiger partial charge on any atom is -0.497 e. The number of nitrogens with one attached hydrogen (secondary N) is 1. The zero-order chi connectivity index (χ0) is 21.1. The van der Waals surface area contributed by atoms with Crippen LogP contribution in [0.2, 0.25) is 0 Å². The Morgan fingerprint density at radius 3 is 2.43 bits per heavy atom. The molecule has 2 heterocycles. The maximum absolute atomic E-state index is 13.3. The topological polar surface area (TPSA) is 67.9 Å². The molecule has 1 aromatic heterocycles. The van der Waals surface area contributed by atoms with E-state index in [-0.39, 0.29) is 11.6 Å². The van der Waals surface area contributed by atoms with E-state index in [1.807, 2.05) is 24.4 Å². The minimum atomic E-state index is -0.409. The first-order chi connectivity index (χ1) is 14.6. The molecule has 2 amide bonds. The highest BCUT2D eigenvalue weighted by Gasteiger charge is 2.40. The maximum Gasteiger partial charge on any atom is 0.282 e. The number of hydrogen-bond acceptors (Lipinski definition) is 6. The van der Waals surface area contributed by atoms with Crippen molar-refractivity contribution in [3.05, 3.63) is 76.6 Å². The van der Waals surface area contributed by atoms with Crippen molar-refractivity contribution in [3.8, 4) is 11.5 Å². The van der Waals surface area contributed by atoms with E-state index in [2.05, 4.69) is 5.32 Å². The van der Waals surface area contributed by atoms with Crippen molar-refractivity contribution in [2.75, 3.05) is 23.9 Å². The summed E-state index contributed by atoms with van der Waals surface area (Å²) in [5, 5.41) is 5.02. The predicted octanol–water partition coefficient (Wildman–Crippen LogP) is 4.55. The number of ether oxygens (including phenoxy) is 2. The number of benzene rings is 2. The fraction of sp³-hybridized carbons (Fsp3) is 0.130. The molecule has 0 fully saturated rings. The highest BCUT2D eigenvalue weighted by Crippen LogP contribution is 2.36. The molecule has 0 radical (unpaired) electrons. The first-order valence-electron chi connectivity index (χ1n) is 9.43. The van der Waals surface area contributed by atoms with Crippen LogP contribution in [0.15, 0.2) is 71.7 Å². The number of carbonyl (C=O) groups excluding carboxylic acids is 2. The summed E-state index contributed by atoms with van der Waals surface area (Å²) in [6.45, 7) is 2.38. The lowest BCUT2D eigenvalue weighted by Crippen LogP contribution is -2.32. The Morgan fingerprint density at radius 2 is 1.77 bits per heavy atom. The molecule has 152 valence electrons. The van der Waals surface area contributed by atoms with Crippen molar-refractivity contribution < 1.29 is 19.1 Å². The summed E-state index contributed by atoms with van der Waals surface area (Å²) >= 11 is 1.41. The van der Waals surface area contributed by atoms with Crippen molar-refractivity contribution in [1.82, 2.24) is 0 Å². The largest absolute Gasteiger partial charge is 0.497 e. The number of anilines is 2. The quantitative estimate of drug-likeness (QED) is 0.568. The van der Waals surface area contributed by atoms with Crippen LogP contribution in [-0.4, -0.2) is 25.5 Å². The third kappa shape index (κ3) is 3.67. The molecule has 0 bridgehead atoms. The van der Waals surface area contributed by atoms with Gasteiger partial charge in [-0.1, -0.05) is 12.1 Å². The number of imide groups is 1. The van der Waals surface area contributed by atoms with Gasteiger partial charge in [-0.2, -0.15) is 0 Å². The molecule has 4 rings (SSSR count). The Kier molecular flexibility index (Phi) is 5.54. The zero-order valence-electron chi connectivity index (χ0n) is 16.5. The van der Waals surface area contributed by atoms with Gasteiger partial charge in [-0.3, -0.25) is 9.59 Å². The Bertz CT molecular complexity index is 1100. The number of amides is 2. The van der Waals surface area contributed by atoms with Gasteiger partial charge in [0.15, 0.2) is 0 Å². The van der Waals surface area contributed by atoms with Crippen molar-refractivity contribution in [2.24, 2.45) is 0 Å². The number of thiophene rings is 1. The smallest absolute Gasteiger partial charge is 0.282 e. The summed E-state index contributed by atoms with van der Waals surface area (Å²) in [5.41, 5.74) is 1.75. The third-order valence-corrected chi connectivity index (χ3v) is 5.49. The molecule has 7 heteroatoms. The fourth-order valence-electron chi connectivity index (χ4n) is 3.23. The van der Waals surface area contributed by atoms with E-state index < -0.39 is 5.91 Å². The number of carbonyl (C=O) groups is 2. The molecule has 0 aliphatic carbocycles. The first kappa shape index (κ1) is 19.7. The normalized spacial score (nSPS) is 13.7. The van der Waals surface area contributed by atoms with Crippen LogP contribution in [0, 0.1) is 0 Å². The van der Waals surface area contributed by atoms with Crippen molar-refractivity contribution in [1.29, 1.82) is 0 Å². The predicted molar refractivity (Wildman–Crippen MR) is 118 cm³/mol. The van der Waals surface area contributed by atoms with Gasteiger partial charge < -0.3 is 14.8 Å². The Morgan fingerprint density at radius 1 is 0.967 bits per heavy atom. The number of nitrogens with zero attached hydrogens (tertiary/aromatic N) is 1. The van der Waals surface area contributed by atoms with E-state index in [0.717, 1.165) is 4.88 Å². The molecule has 3 aromatic rings. The van der Waals surface area contributed by atoms with Gasteiger partial charge in [-0.05, 0) is 54.8 Å². The molecule has 2 aromatic carbocycles. The van der Waals surface area contributed by atoms with Gasteiger partial charge in [0.1, 0.15) is 17.2 Å². The van der Waals surface area contributed by atoms with Crippen LogP contribution in [-0.2, 0) is 9.59 Å². The fourth-order valence-corrected chi connectivity index (χ4v) is 4.00. The van der Waals surface area contributed by atoms with Gasteiger partial charge in [-0.15, -0.1) is 11.3 Å². The van der Waals surface area contributed by atoms with Gasteiger partial charge >= 0.3 is 0 Å². The highest BCUT2D eigenvalue weighted by molar-refractivity contribution is 7.11. The van der Waals surface area contributed by atoms with Crippen LogP contribution >= 0.6 is 11.3 Å². The molecular weight excluding hydrogens is 400 g/mol. The summed E-state index contributed by atoms with van der Waals surface area (Å²) in [5.74, 6) is 0.529. The third-order valence-electron chi connectivity index (χ3n) is 4.60. The highest BCUT2D eigenvalue weighted by atomic mass is 32.1. The Hall–Kier alpha value is -3.58. The minimum absolute atomic E-state index is 0.245. The molecule has 0 atom stereocenters. The lowest BCUT2D eigenvalue weighted by atomic mass is 10.2. The second kappa shape index (κ2) is 8.42. The van der Waals surface area contributed by atoms with Gasteiger partial charge in [0, 0.05) is 16.6 Å². The summed E-state index contributed by atoms with van der Waals surface area (Å²) in [6, 6.07) is 17.8. The molecule has 0 saturated carbocycles. The molecule has 0 saturated heterocycles. The average Bonchev–Trinajstić information content (AvgIpc) is 3.36. The van der Waals surface area contributed by atoms with Crippen LogP contribution in [0.25, 0.3) is 5.57 Å². The molecular formula is C23H20N2O4S. The summed E-state index contributed by atoms with van der Waals surface area (Å²) in [4.78, 5) is 28.6. The van der Waals surface area contributed by atoms with E-state index >= 15 is 0 Å². The molecule has 0 unspecified atom stereocenters. The van der Waals surface area contributed by atoms with Gasteiger partial charge in [0.05, 0.1) is 25.0 Å². The van der Waals surface area contributed by atoms with Crippen LogP contribution in [0.1, 0.15) is 11.8 Å². The van der Waals surface area contributed by atoms with Crippen molar-refractivity contribution in [2.45, 2.75) is 6.92 Å². The maximum atomic E-state index is 13.3. The van der Waals surface area contributed by atoms with Crippen LogP contribution in [0.5, 0.6) is 11.5 Å². The van der Waals surface area contributed by atoms with E-state index in [0.29, 0.717) is 35.1 Å². The summed E-state index contributed by atoms with van der Waals surface area (Å²) in [7, 11) is 1.59. The van der Waals surface area contributed by atoms with E-state index in [1.165, 1.54) is 16.2 Å². The van der Waals surface area contributed by atoms with Gasteiger partial charge in [0.25, 0.3) is 11.8 Å². The second-order valence-electron chi connectivity index (χ2n) is 6.46. The van der Waals surface area contributed by atoms with E-state index in [9.17, 15) is 9.59 Å². The molecule has 0 spiro atoms. The SMILES string of the molecule is CCOc1cccc(N2C(=O)C(Nc3ccc(OC)cc3)=C(c3cccs3)C2=O)c1. The molecule has 1 aliphatic heterocycles. The van der Waals surface area contributed by atoms with Crippen molar-refractivity contribution in [3.63, 3.8) is 0 Å². The van der Waals surface area contributed by atoms with E-state index in [4.69, 9.17) is 9.47 Å². The van der Waals surface area contributed by atoms with Crippen molar-refractivity contribution >= 4 is 40.1 Å². The molecule has 6 nitrogen and oxygen atoms in total. The standard InChI is InChI=1S/C23H20N2O4S/c1-3-29-18-7-4-6-16(14-18)25-22(26)20(19-8-5-13-30-19)21(23(25)27)24-15-9-11-17(28-2)12-10-15/h4-14,24H,3H2,1-2H3. The zero-order valence-corrected chi connectivity index (χ0v) is 17.4. The Balaban J connectivity index is 1.74. The number of rotatable bonds is 7. The lowest BCUT2D eigenvalue weighted by Gasteiger charge is -2.16. The molecule has 30 heavy (non-hydrogen) atoms. The molecule has 1 N–H and O–H groups in total. The summed E-state index contributed by atoms with van der Waals surface area (Å²) in [6.07, 6.45) is 0. The van der Waals surface area contributed by atoms with Crippen LogP contribution in [0.4, 0.5) is 11.4 Å². The first-order valence-corrected chi connectivity index (χ1v) is 10.3. The van der Waals surface area contributed by atoms with Crippen LogP contribution < -0.4 is 19.7 Å². The Labute approximate surface area is 178 Å². The van der Waals surface area contributed by atoms with E-state index in [1.54, 1.807) is 55.6 Å². The second-order valence-corrected chi connectivity index (χ2v) is 7.40. The lowest BCUT2D eigenvalue weighted by molar-refractivity contribution is -0.120. The number of hydrogen-bond donors (Lipinski definition) is 1. The number of methoxy groups -OCH3 is 1.